The van der Waals surface area contributed by atoms with Gasteiger partial charge in [0.05, 0.1) is 0 Å². The van der Waals surface area contributed by atoms with Gasteiger partial charge >= 0.3 is 4.87 Å². The van der Waals surface area contributed by atoms with Gasteiger partial charge in [-0.25, -0.2) is 8.42 Å². The van der Waals surface area contributed by atoms with E-state index in [2.05, 4.69) is 24.1 Å². The molecule has 1 aliphatic rings. The van der Waals surface area contributed by atoms with Crippen LogP contribution in [0.25, 0.3) is 0 Å². The van der Waals surface area contributed by atoms with Crippen LogP contribution in [0.3, 0.4) is 0 Å². The first-order valence-corrected chi connectivity index (χ1v) is 9.49. The largest absolute Gasteiger partial charge is 0.315 e. The average Bonchev–Trinajstić information content (AvgIpc) is 2.76. The molecule has 0 saturated carbocycles. The summed E-state index contributed by atoms with van der Waals surface area (Å²) in [7, 11) is -3.55. The Balaban J connectivity index is 2.13. The molecule has 0 bridgehead atoms. The summed E-state index contributed by atoms with van der Waals surface area (Å²) in [5, 5.41) is 3.37. The highest BCUT2D eigenvalue weighted by Gasteiger charge is 2.32. The summed E-state index contributed by atoms with van der Waals surface area (Å²) in [6.07, 6.45) is 1.90. The molecule has 21 heavy (non-hydrogen) atoms. The van der Waals surface area contributed by atoms with Gasteiger partial charge in [0.1, 0.15) is 0 Å². The van der Waals surface area contributed by atoms with Gasteiger partial charge in [-0.1, -0.05) is 25.2 Å². The lowest BCUT2D eigenvalue weighted by atomic mass is 9.99. The Morgan fingerprint density at radius 2 is 2.19 bits per heavy atom. The number of nitrogens with zero attached hydrogens (tertiary/aromatic N) is 1. The Kier molecular flexibility index (Phi) is 5.24. The summed E-state index contributed by atoms with van der Waals surface area (Å²) in [5.74, 6) is 0.326. The second kappa shape index (κ2) is 6.60. The SMILES string of the molecule is Cc1[nH]c(=O)sc1S(=O)(=O)N1CCCC(CNC(C)C)C1. The van der Waals surface area contributed by atoms with Gasteiger partial charge in [0.25, 0.3) is 10.0 Å². The van der Waals surface area contributed by atoms with Gasteiger partial charge in [-0.3, -0.25) is 4.79 Å². The summed E-state index contributed by atoms with van der Waals surface area (Å²) < 4.78 is 27.0. The maximum atomic E-state index is 12.7. The van der Waals surface area contributed by atoms with E-state index in [-0.39, 0.29) is 9.08 Å². The molecule has 8 heteroatoms. The molecule has 0 amide bonds. The molecule has 1 saturated heterocycles. The molecule has 1 aliphatic heterocycles. The fraction of sp³-hybridized carbons (Fsp3) is 0.769. The molecule has 1 aromatic rings. The zero-order valence-corrected chi connectivity index (χ0v) is 14.3. The van der Waals surface area contributed by atoms with Crippen LogP contribution in [0.5, 0.6) is 0 Å². The van der Waals surface area contributed by atoms with Gasteiger partial charge in [-0.15, -0.1) is 0 Å². The molecule has 2 N–H and O–H groups in total. The van der Waals surface area contributed by atoms with Gasteiger partial charge in [0, 0.05) is 24.8 Å². The van der Waals surface area contributed by atoms with Gasteiger partial charge in [-0.05, 0) is 32.2 Å². The smallest absolute Gasteiger partial charge is 0.305 e. The van der Waals surface area contributed by atoms with Crippen LogP contribution < -0.4 is 10.2 Å². The average molecular weight is 333 g/mol. The number of nitrogens with one attached hydrogen (secondary N) is 2. The topological polar surface area (TPSA) is 82.3 Å². The van der Waals surface area contributed by atoms with E-state index in [4.69, 9.17) is 0 Å². The Labute approximate surface area is 129 Å². The fourth-order valence-electron chi connectivity index (χ4n) is 2.57. The zero-order chi connectivity index (χ0) is 15.6. The van der Waals surface area contributed by atoms with Crippen molar-refractivity contribution in [2.24, 2.45) is 5.92 Å². The Morgan fingerprint density at radius 3 is 2.76 bits per heavy atom. The number of aromatic nitrogens is 1. The number of piperidine rings is 1. The standard InChI is InChI=1S/C13H23N3O3S2/c1-9(2)14-7-11-5-4-6-16(8-11)21(18,19)12-10(3)15-13(17)20-12/h9,11,14H,4-8H2,1-3H3,(H,15,17). The lowest BCUT2D eigenvalue weighted by Gasteiger charge is -2.32. The molecule has 0 radical (unpaired) electrons. The van der Waals surface area contributed by atoms with E-state index in [1.807, 2.05) is 0 Å². The minimum Gasteiger partial charge on any atom is -0.315 e. The van der Waals surface area contributed by atoms with E-state index in [0.717, 1.165) is 30.7 Å². The van der Waals surface area contributed by atoms with Crippen molar-refractivity contribution in [3.63, 3.8) is 0 Å². The molecule has 2 heterocycles. The number of H-pyrrole nitrogens is 1. The van der Waals surface area contributed by atoms with Crippen LogP contribution in [0.15, 0.2) is 9.00 Å². The highest BCUT2D eigenvalue weighted by Crippen LogP contribution is 2.26. The van der Waals surface area contributed by atoms with Crippen molar-refractivity contribution in [2.75, 3.05) is 19.6 Å². The molecule has 0 aliphatic carbocycles. The molecule has 2 rings (SSSR count). The summed E-state index contributed by atoms with van der Waals surface area (Å²) in [6, 6.07) is 0.397. The molecular formula is C13H23N3O3S2. The van der Waals surface area contributed by atoms with E-state index in [1.165, 1.54) is 4.31 Å². The molecular weight excluding hydrogens is 310 g/mol. The highest BCUT2D eigenvalue weighted by molar-refractivity contribution is 7.91. The predicted molar refractivity (Wildman–Crippen MR) is 84.3 cm³/mol. The van der Waals surface area contributed by atoms with Gasteiger partial charge in [0.15, 0.2) is 4.21 Å². The summed E-state index contributed by atoms with van der Waals surface area (Å²) >= 11 is 0.778. The number of aromatic amines is 1. The summed E-state index contributed by atoms with van der Waals surface area (Å²) in [6.45, 7) is 7.67. The summed E-state index contributed by atoms with van der Waals surface area (Å²) in [5.41, 5.74) is 0.437. The van der Waals surface area contributed by atoms with Crippen LogP contribution in [0.1, 0.15) is 32.4 Å². The molecule has 1 unspecified atom stereocenters. The number of hydrogen-bond acceptors (Lipinski definition) is 5. The third-order valence-corrected chi connectivity index (χ3v) is 7.10. The third-order valence-electron chi connectivity index (χ3n) is 3.65. The quantitative estimate of drug-likeness (QED) is 0.847. The van der Waals surface area contributed by atoms with Crippen molar-refractivity contribution in [3.05, 3.63) is 15.4 Å². The minimum absolute atomic E-state index is 0.157. The number of sulfonamides is 1. The Morgan fingerprint density at radius 1 is 1.48 bits per heavy atom. The highest BCUT2D eigenvalue weighted by atomic mass is 32.2. The Hall–Kier alpha value is -0.700. The second-order valence-corrected chi connectivity index (χ2v) is 8.98. The van der Waals surface area contributed by atoms with Gasteiger partial charge in [0.2, 0.25) is 0 Å². The monoisotopic (exact) mass is 333 g/mol. The second-order valence-electron chi connectivity index (χ2n) is 5.86. The lowest BCUT2D eigenvalue weighted by Crippen LogP contribution is -2.43. The molecule has 120 valence electrons. The number of hydrogen-bond donors (Lipinski definition) is 2. The first-order valence-electron chi connectivity index (χ1n) is 7.24. The maximum Gasteiger partial charge on any atom is 0.305 e. The molecule has 6 nitrogen and oxygen atoms in total. The fourth-order valence-corrected chi connectivity index (χ4v) is 5.56. The normalized spacial score (nSPS) is 21.0. The van der Waals surface area contributed by atoms with Crippen molar-refractivity contribution in [3.8, 4) is 0 Å². The molecule has 1 fully saturated rings. The van der Waals surface area contributed by atoms with Crippen molar-refractivity contribution >= 4 is 21.4 Å². The van der Waals surface area contributed by atoms with E-state index in [9.17, 15) is 13.2 Å². The Bertz CT molecular complexity index is 633. The van der Waals surface area contributed by atoms with E-state index in [0.29, 0.717) is 30.7 Å². The molecule has 0 aromatic carbocycles. The minimum atomic E-state index is -3.55. The van der Waals surface area contributed by atoms with Crippen LogP contribution in [0, 0.1) is 12.8 Å². The van der Waals surface area contributed by atoms with Gasteiger partial charge in [-0.2, -0.15) is 4.31 Å². The maximum absolute atomic E-state index is 12.7. The van der Waals surface area contributed by atoms with Crippen LogP contribution in [-0.4, -0.2) is 43.4 Å². The lowest BCUT2D eigenvalue weighted by molar-refractivity contribution is 0.257. The van der Waals surface area contributed by atoms with Crippen molar-refractivity contribution in [1.29, 1.82) is 0 Å². The molecule has 0 spiro atoms. The number of rotatable bonds is 5. The van der Waals surface area contributed by atoms with Crippen molar-refractivity contribution in [1.82, 2.24) is 14.6 Å². The number of thiazole rings is 1. The van der Waals surface area contributed by atoms with Crippen molar-refractivity contribution < 1.29 is 8.42 Å². The van der Waals surface area contributed by atoms with Crippen LogP contribution in [0.4, 0.5) is 0 Å². The first kappa shape index (κ1) is 16.7. The van der Waals surface area contributed by atoms with E-state index < -0.39 is 10.0 Å². The molecule has 1 atom stereocenters. The van der Waals surface area contributed by atoms with Gasteiger partial charge < -0.3 is 10.3 Å². The number of aryl methyl sites for hydroxylation is 1. The predicted octanol–water partition coefficient (Wildman–Crippen LogP) is 1.14. The van der Waals surface area contributed by atoms with E-state index in [1.54, 1.807) is 6.92 Å². The van der Waals surface area contributed by atoms with Crippen LogP contribution in [0.2, 0.25) is 0 Å². The third kappa shape index (κ3) is 3.94. The van der Waals surface area contributed by atoms with E-state index >= 15 is 0 Å². The van der Waals surface area contributed by atoms with Crippen molar-refractivity contribution in [2.45, 2.75) is 43.9 Å². The van der Waals surface area contributed by atoms with Crippen LogP contribution in [-0.2, 0) is 10.0 Å². The summed E-state index contributed by atoms with van der Waals surface area (Å²) in [4.78, 5) is 13.6. The molecule has 1 aromatic heterocycles. The van der Waals surface area contributed by atoms with Crippen LogP contribution >= 0.6 is 11.3 Å². The zero-order valence-electron chi connectivity index (χ0n) is 12.7. The first-order chi connectivity index (χ1) is 9.80.